The Morgan fingerprint density at radius 3 is 2.10 bits per heavy atom. The van der Waals surface area contributed by atoms with E-state index in [1.165, 1.54) is 6.42 Å². The molecule has 1 fully saturated rings. The summed E-state index contributed by atoms with van der Waals surface area (Å²) in [6.45, 7) is 0. The molecule has 54 valence electrons. The smallest absolute Gasteiger partial charge is 1.00 e. The number of hydrogen-bond donors (Lipinski definition) is 0. The Hall–Kier alpha value is 0.400. The van der Waals surface area contributed by atoms with Crippen molar-refractivity contribution in [2.75, 3.05) is 0 Å². The quantitative estimate of drug-likeness (QED) is 0.267. The molecule has 0 unspecified atom stereocenters. The van der Waals surface area contributed by atoms with E-state index in [0.29, 0.717) is 0 Å². The molecule has 0 saturated heterocycles. The summed E-state index contributed by atoms with van der Waals surface area (Å²) >= 11 is 0. The van der Waals surface area contributed by atoms with Gasteiger partial charge in [-0.05, 0) is 12.8 Å². The average molecular weight is 153 g/mol. The molecule has 1 aliphatic rings. The van der Waals surface area contributed by atoms with Crippen LogP contribution in [0.2, 0.25) is 0 Å². The molecule has 4 heteroatoms. The molecular formula is C6H12NNaO2. The molecule has 0 heterocycles. The molecule has 0 aliphatic heterocycles. The molecule has 0 aromatic heterocycles. The summed E-state index contributed by atoms with van der Waals surface area (Å²) in [5.74, 6) is 0. The van der Waals surface area contributed by atoms with Crippen LogP contribution in [-0.4, -0.2) is 11.0 Å². The fourth-order valence-corrected chi connectivity index (χ4v) is 1.29. The maximum Gasteiger partial charge on any atom is 1.00 e. The molecule has 0 atom stereocenters. The predicted octanol–water partition coefficient (Wildman–Crippen LogP) is -1.29. The predicted molar refractivity (Wildman–Crippen MR) is 35.0 cm³/mol. The first-order valence-corrected chi connectivity index (χ1v) is 3.44. The number of rotatable bonds is 1. The first-order valence-electron chi connectivity index (χ1n) is 3.44. The van der Waals surface area contributed by atoms with Crippen molar-refractivity contribution in [3.63, 3.8) is 0 Å². The van der Waals surface area contributed by atoms with E-state index >= 15 is 0 Å². The molecule has 0 aromatic rings. The van der Waals surface area contributed by atoms with Crippen LogP contribution in [0, 0.1) is 10.1 Å². The molecule has 1 rings (SSSR count). The van der Waals surface area contributed by atoms with Gasteiger partial charge in [0.1, 0.15) is 0 Å². The molecule has 3 nitrogen and oxygen atoms in total. The van der Waals surface area contributed by atoms with Crippen molar-refractivity contribution in [1.82, 2.24) is 0 Å². The van der Waals surface area contributed by atoms with Crippen LogP contribution in [0.15, 0.2) is 0 Å². The van der Waals surface area contributed by atoms with Crippen molar-refractivity contribution in [3.8, 4) is 0 Å². The summed E-state index contributed by atoms with van der Waals surface area (Å²) in [4.78, 5) is 10.0. The van der Waals surface area contributed by atoms with Gasteiger partial charge in [-0.15, -0.1) is 0 Å². The van der Waals surface area contributed by atoms with Crippen molar-refractivity contribution >= 4 is 0 Å². The minimum Gasteiger partial charge on any atom is -1.00 e. The van der Waals surface area contributed by atoms with Gasteiger partial charge in [0.05, 0.1) is 0 Å². The molecule has 1 saturated carbocycles. The Kier molecular flexibility index (Phi) is 5.31. The zero-order valence-corrected chi connectivity index (χ0v) is 8.38. The third-order valence-electron chi connectivity index (χ3n) is 1.87. The largest absolute Gasteiger partial charge is 1.00 e. The van der Waals surface area contributed by atoms with E-state index in [1.807, 2.05) is 0 Å². The zero-order chi connectivity index (χ0) is 6.69. The second-order valence-corrected chi connectivity index (χ2v) is 2.58. The molecule has 10 heavy (non-hydrogen) atoms. The standard InChI is InChI=1S/C6H11NO2.Na.H/c8-7(9)6-4-2-1-3-5-6;;/h6H,1-5H2;;/q;+1;-1. The summed E-state index contributed by atoms with van der Waals surface area (Å²) in [7, 11) is 0. The van der Waals surface area contributed by atoms with Gasteiger partial charge in [-0.25, -0.2) is 0 Å². The molecule has 0 aromatic carbocycles. The third-order valence-corrected chi connectivity index (χ3v) is 1.87. The van der Waals surface area contributed by atoms with Gasteiger partial charge in [-0.3, -0.25) is 10.1 Å². The fraction of sp³-hybridized carbons (Fsp3) is 1.00. The minimum absolute atomic E-state index is 0. The summed E-state index contributed by atoms with van der Waals surface area (Å²) in [6.07, 6.45) is 4.88. The van der Waals surface area contributed by atoms with E-state index in [4.69, 9.17) is 0 Å². The maximum atomic E-state index is 10.2. The molecule has 0 N–H and O–H groups in total. The van der Waals surface area contributed by atoms with Crippen molar-refractivity contribution in [2.24, 2.45) is 0 Å². The number of nitrogens with zero attached hydrogens (tertiary/aromatic N) is 1. The van der Waals surface area contributed by atoms with Crippen LogP contribution >= 0.6 is 0 Å². The van der Waals surface area contributed by atoms with Gasteiger partial charge in [-0.2, -0.15) is 0 Å². The van der Waals surface area contributed by atoms with E-state index in [2.05, 4.69) is 0 Å². The summed E-state index contributed by atoms with van der Waals surface area (Å²) in [5, 5.41) is 10.2. The van der Waals surface area contributed by atoms with Crippen molar-refractivity contribution in [2.45, 2.75) is 38.1 Å². The molecule has 0 radical (unpaired) electrons. The van der Waals surface area contributed by atoms with Gasteiger partial charge in [0, 0.05) is 17.8 Å². The zero-order valence-electron chi connectivity index (χ0n) is 7.38. The molecule has 0 amide bonds. The normalized spacial score (nSPS) is 19.6. The first-order chi connectivity index (χ1) is 4.30. The SMILES string of the molecule is O=[N+]([O-])C1CCCCC1.[H-].[Na+]. The third kappa shape index (κ3) is 2.99. The van der Waals surface area contributed by atoms with Gasteiger partial charge in [0.15, 0.2) is 0 Å². The van der Waals surface area contributed by atoms with E-state index in [9.17, 15) is 10.1 Å². The number of nitro groups is 1. The Labute approximate surface area is 84.1 Å². The van der Waals surface area contributed by atoms with E-state index in [1.54, 1.807) is 0 Å². The molecule has 0 bridgehead atoms. The Bertz CT molecular complexity index is 117. The fourth-order valence-electron chi connectivity index (χ4n) is 1.29. The van der Waals surface area contributed by atoms with Crippen LogP contribution in [0.25, 0.3) is 0 Å². The van der Waals surface area contributed by atoms with Gasteiger partial charge in [-0.1, -0.05) is 6.42 Å². The summed E-state index contributed by atoms with van der Waals surface area (Å²) in [5.41, 5.74) is 0. The van der Waals surface area contributed by atoms with E-state index < -0.39 is 0 Å². The maximum absolute atomic E-state index is 10.2. The van der Waals surface area contributed by atoms with E-state index in [0.717, 1.165) is 25.7 Å². The van der Waals surface area contributed by atoms with Crippen LogP contribution < -0.4 is 29.6 Å². The second kappa shape index (κ2) is 5.10. The Balaban J connectivity index is 0. The van der Waals surface area contributed by atoms with Crippen LogP contribution in [0.5, 0.6) is 0 Å². The number of hydrogen-bond acceptors (Lipinski definition) is 2. The molecule has 1 aliphatic carbocycles. The van der Waals surface area contributed by atoms with Crippen molar-refractivity contribution < 1.29 is 35.9 Å². The minimum atomic E-state index is -0.223. The van der Waals surface area contributed by atoms with Crippen LogP contribution in [0.4, 0.5) is 0 Å². The van der Waals surface area contributed by atoms with Crippen molar-refractivity contribution in [1.29, 1.82) is 0 Å². The second-order valence-electron chi connectivity index (χ2n) is 2.58. The van der Waals surface area contributed by atoms with Gasteiger partial charge in [0.2, 0.25) is 6.04 Å². The van der Waals surface area contributed by atoms with Gasteiger partial charge >= 0.3 is 29.6 Å². The first kappa shape index (κ1) is 10.4. The Morgan fingerprint density at radius 2 is 1.80 bits per heavy atom. The van der Waals surface area contributed by atoms with Gasteiger partial charge in [0.25, 0.3) is 0 Å². The average Bonchev–Trinajstić information content (AvgIpc) is 1.90. The van der Waals surface area contributed by atoms with E-state index in [-0.39, 0.29) is 41.9 Å². The van der Waals surface area contributed by atoms with Crippen molar-refractivity contribution in [3.05, 3.63) is 10.1 Å². The Morgan fingerprint density at radius 1 is 1.30 bits per heavy atom. The van der Waals surface area contributed by atoms with Crippen LogP contribution in [0.1, 0.15) is 33.5 Å². The van der Waals surface area contributed by atoms with Crippen LogP contribution in [0.3, 0.4) is 0 Å². The topological polar surface area (TPSA) is 43.1 Å². The summed E-state index contributed by atoms with van der Waals surface area (Å²) < 4.78 is 0. The molecular weight excluding hydrogens is 141 g/mol. The van der Waals surface area contributed by atoms with Crippen LogP contribution in [-0.2, 0) is 0 Å². The van der Waals surface area contributed by atoms with Gasteiger partial charge < -0.3 is 1.43 Å². The summed E-state index contributed by atoms with van der Waals surface area (Å²) in [6, 6.07) is -0.223. The molecule has 0 spiro atoms. The monoisotopic (exact) mass is 153 g/mol.